The van der Waals surface area contributed by atoms with Gasteiger partial charge in [-0.3, -0.25) is 0 Å². The van der Waals surface area contributed by atoms with E-state index in [0.717, 1.165) is 0 Å². The highest BCUT2D eigenvalue weighted by molar-refractivity contribution is 9.10. The van der Waals surface area contributed by atoms with E-state index in [0.29, 0.717) is 24.1 Å². The summed E-state index contributed by atoms with van der Waals surface area (Å²) < 4.78 is 27.5. The summed E-state index contributed by atoms with van der Waals surface area (Å²) in [6, 6.07) is 3.24. The van der Waals surface area contributed by atoms with Crippen LogP contribution in [0.15, 0.2) is 21.5 Å². The van der Waals surface area contributed by atoms with Crippen molar-refractivity contribution in [2.24, 2.45) is 0 Å². The topological polar surface area (TPSA) is 40.6 Å². The molecule has 0 amide bonds. The summed E-state index contributed by atoms with van der Waals surface area (Å²) >= 11 is 15.4. The summed E-state index contributed by atoms with van der Waals surface area (Å²) in [5.41, 5.74) is 0. The van der Waals surface area contributed by atoms with Gasteiger partial charge in [0.15, 0.2) is 0 Å². The Morgan fingerprint density at radius 1 is 1.25 bits per heavy atom. The number of nitrogens with zero attached hydrogens (tertiary/aromatic N) is 2. The van der Waals surface area contributed by atoms with Crippen molar-refractivity contribution < 1.29 is 8.42 Å². The Hall–Kier alpha value is 0.150. The fourth-order valence-corrected chi connectivity index (χ4v) is 5.53. The van der Waals surface area contributed by atoms with E-state index >= 15 is 0 Å². The molecule has 0 saturated carbocycles. The maximum Gasteiger partial charge on any atom is 0.246 e. The number of likely N-dealkylation sites (N-methyl/N-ethyl adjacent to an activating group) is 1. The average molecular weight is 402 g/mol. The quantitative estimate of drug-likeness (QED) is 0.764. The lowest BCUT2D eigenvalue weighted by Crippen LogP contribution is -2.51. The summed E-state index contributed by atoms with van der Waals surface area (Å²) in [6.45, 7) is 3.55. The predicted octanol–water partition coefficient (Wildman–Crippen LogP) is 3.08. The summed E-state index contributed by atoms with van der Waals surface area (Å²) in [5.74, 6) is 0. The molecule has 0 radical (unpaired) electrons. The van der Waals surface area contributed by atoms with Crippen molar-refractivity contribution >= 4 is 49.2 Å². The molecule has 0 N–H and O–H groups in total. The standard InChI is InChI=1S/C12H15BrCl2N2O2S/c1-8-7-17(4-3-16(8)2)20(18,19)12-10(14)5-9(13)6-11(12)15/h5-6,8H,3-4,7H2,1-2H3. The first-order valence-corrected chi connectivity index (χ1v) is 9.07. The monoisotopic (exact) mass is 400 g/mol. The van der Waals surface area contributed by atoms with Crippen LogP contribution in [0.25, 0.3) is 0 Å². The number of hydrogen-bond acceptors (Lipinski definition) is 3. The molecule has 1 heterocycles. The van der Waals surface area contributed by atoms with Gasteiger partial charge in [-0.1, -0.05) is 39.1 Å². The molecular weight excluding hydrogens is 387 g/mol. The third-order valence-corrected chi connectivity index (χ3v) is 6.73. The van der Waals surface area contributed by atoms with Crippen molar-refractivity contribution in [1.29, 1.82) is 0 Å². The van der Waals surface area contributed by atoms with Crippen LogP contribution in [0.3, 0.4) is 0 Å². The van der Waals surface area contributed by atoms with Crippen LogP contribution >= 0.6 is 39.1 Å². The van der Waals surface area contributed by atoms with E-state index in [9.17, 15) is 8.42 Å². The molecule has 1 aliphatic heterocycles. The van der Waals surface area contributed by atoms with E-state index in [1.807, 2.05) is 14.0 Å². The Morgan fingerprint density at radius 2 is 1.80 bits per heavy atom. The molecule has 2 rings (SSSR count). The minimum absolute atomic E-state index is 0.0132. The van der Waals surface area contributed by atoms with Crippen molar-refractivity contribution in [2.45, 2.75) is 17.9 Å². The average Bonchev–Trinajstić information content (AvgIpc) is 2.30. The SMILES string of the molecule is CC1CN(S(=O)(=O)c2c(Cl)cc(Br)cc2Cl)CCN1C. The van der Waals surface area contributed by atoms with Crippen LogP contribution in [-0.2, 0) is 10.0 Å². The van der Waals surface area contributed by atoms with E-state index < -0.39 is 10.0 Å². The van der Waals surface area contributed by atoms with Gasteiger partial charge in [-0.25, -0.2) is 8.42 Å². The van der Waals surface area contributed by atoms with E-state index in [1.165, 1.54) is 4.31 Å². The Bertz CT molecular complexity index is 601. The van der Waals surface area contributed by atoms with Gasteiger partial charge in [0.2, 0.25) is 10.0 Å². The van der Waals surface area contributed by atoms with Crippen molar-refractivity contribution in [1.82, 2.24) is 9.21 Å². The van der Waals surface area contributed by atoms with Crippen LogP contribution in [-0.4, -0.2) is 50.3 Å². The summed E-state index contributed by atoms with van der Waals surface area (Å²) in [6.07, 6.45) is 0. The zero-order valence-electron chi connectivity index (χ0n) is 11.1. The molecule has 1 atom stereocenters. The van der Waals surface area contributed by atoms with Crippen molar-refractivity contribution in [3.05, 3.63) is 26.7 Å². The van der Waals surface area contributed by atoms with Crippen molar-refractivity contribution in [3.8, 4) is 0 Å². The van der Waals surface area contributed by atoms with Gasteiger partial charge in [0.05, 0.1) is 10.0 Å². The smallest absolute Gasteiger partial charge is 0.246 e. The first-order valence-electron chi connectivity index (χ1n) is 6.08. The van der Waals surface area contributed by atoms with Gasteiger partial charge in [0, 0.05) is 30.1 Å². The van der Waals surface area contributed by atoms with Crippen molar-refractivity contribution in [3.63, 3.8) is 0 Å². The molecule has 0 aliphatic carbocycles. The lowest BCUT2D eigenvalue weighted by atomic mass is 10.2. The maximum atomic E-state index is 12.7. The van der Waals surface area contributed by atoms with Crippen LogP contribution in [0, 0.1) is 0 Å². The van der Waals surface area contributed by atoms with Crippen LogP contribution in [0.2, 0.25) is 10.0 Å². The zero-order chi connectivity index (χ0) is 15.1. The normalized spacial score (nSPS) is 22.1. The fourth-order valence-electron chi connectivity index (χ4n) is 2.14. The number of piperazine rings is 1. The Labute approximate surface area is 137 Å². The van der Waals surface area contributed by atoms with Gasteiger partial charge < -0.3 is 4.90 Å². The maximum absolute atomic E-state index is 12.7. The number of hydrogen-bond donors (Lipinski definition) is 0. The molecule has 0 bridgehead atoms. The third kappa shape index (κ3) is 3.15. The second-order valence-corrected chi connectivity index (χ2v) is 8.50. The summed E-state index contributed by atoms with van der Waals surface area (Å²) in [5, 5.41) is 0.270. The molecule has 20 heavy (non-hydrogen) atoms. The van der Waals surface area contributed by atoms with Gasteiger partial charge in [-0.15, -0.1) is 0 Å². The van der Waals surface area contributed by atoms with E-state index in [-0.39, 0.29) is 21.0 Å². The molecule has 1 aromatic rings. The van der Waals surface area contributed by atoms with E-state index in [4.69, 9.17) is 23.2 Å². The lowest BCUT2D eigenvalue weighted by molar-refractivity contribution is 0.159. The highest BCUT2D eigenvalue weighted by Crippen LogP contribution is 2.35. The molecule has 0 aromatic heterocycles. The second kappa shape index (κ2) is 6.10. The second-order valence-electron chi connectivity index (χ2n) is 4.89. The number of sulfonamides is 1. The van der Waals surface area contributed by atoms with Gasteiger partial charge in [-0.2, -0.15) is 4.31 Å². The summed E-state index contributed by atoms with van der Waals surface area (Å²) in [7, 11) is -1.69. The van der Waals surface area contributed by atoms with Gasteiger partial charge in [0.25, 0.3) is 0 Å². The van der Waals surface area contributed by atoms with Crippen LogP contribution in [0.4, 0.5) is 0 Å². The molecule has 112 valence electrons. The summed E-state index contributed by atoms with van der Waals surface area (Å²) in [4.78, 5) is 2.11. The van der Waals surface area contributed by atoms with Gasteiger partial charge in [-0.05, 0) is 26.1 Å². The molecule has 4 nitrogen and oxygen atoms in total. The van der Waals surface area contributed by atoms with E-state index in [1.54, 1.807) is 12.1 Å². The minimum atomic E-state index is -3.67. The highest BCUT2D eigenvalue weighted by atomic mass is 79.9. The first-order chi connectivity index (χ1) is 9.23. The number of rotatable bonds is 2. The highest BCUT2D eigenvalue weighted by Gasteiger charge is 2.33. The number of halogens is 3. The van der Waals surface area contributed by atoms with Crippen LogP contribution < -0.4 is 0 Å². The van der Waals surface area contributed by atoms with Crippen LogP contribution in [0.1, 0.15) is 6.92 Å². The Balaban J connectivity index is 2.41. The first kappa shape index (κ1) is 16.5. The lowest BCUT2D eigenvalue weighted by Gasteiger charge is -2.37. The largest absolute Gasteiger partial charge is 0.301 e. The Kier molecular flexibility index (Phi) is 5.04. The minimum Gasteiger partial charge on any atom is -0.301 e. The molecule has 1 fully saturated rings. The predicted molar refractivity (Wildman–Crippen MR) is 85.0 cm³/mol. The Morgan fingerprint density at radius 3 is 2.30 bits per heavy atom. The van der Waals surface area contributed by atoms with E-state index in [2.05, 4.69) is 20.8 Å². The zero-order valence-corrected chi connectivity index (χ0v) is 15.0. The third-order valence-electron chi connectivity index (χ3n) is 3.48. The number of benzene rings is 1. The molecule has 8 heteroatoms. The molecule has 1 unspecified atom stereocenters. The fraction of sp³-hybridized carbons (Fsp3) is 0.500. The van der Waals surface area contributed by atoms with Gasteiger partial charge >= 0.3 is 0 Å². The molecule has 1 aromatic carbocycles. The molecule has 0 spiro atoms. The molecule has 1 aliphatic rings. The molecule has 1 saturated heterocycles. The van der Waals surface area contributed by atoms with Crippen LogP contribution in [0.5, 0.6) is 0 Å². The van der Waals surface area contributed by atoms with Crippen molar-refractivity contribution in [2.75, 3.05) is 26.7 Å². The van der Waals surface area contributed by atoms with Gasteiger partial charge in [0.1, 0.15) is 4.90 Å². The molecular formula is C12H15BrCl2N2O2S.